The van der Waals surface area contributed by atoms with Gasteiger partial charge in [0.15, 0.2) is 5.82 Å². The number of carbonyl (C=O) groups excluding carboxylic acids is 3. The second-order valence-electron chi connectivity index (χ2n) is 14.5. The van der Waals surface area contributed by atoms with Crippen LogP contribution in [0, 0.1) is 5.92 Å². The molecule has 1 aliphatic carbocycles. The van der Waals surface area contributed by atoms with Gasteiger partial charge in [0.05, 0.1) is 6.04 Å². The van der Waals surface area contributed by atoms with Gasteiger partial charge in [-0.15, -0.1) is 10.2 Å². The molecule has 3 amide bonds. The van der Waals surface area contributed by atoms with E-state index in [1.165, 1.54) is 9.70 Å². The zero-order valence-corrected chi connectivity index (χ0v) is 28.7. The van der Waals surface area contributed by atoms with Crippen LogP contribution in [0.2, 0.25) is 0 Å². The molecule has 13 nitrogen and oxygen atoms in total. The highest BCUT2D eigenvalue weighted by atomic mass is 16.6. The average Bonchev–Trinajstić information content (AvgIpc) is 3.36. The van der Waals surface area contributed by atoms with Gasteiger partial charge in [-0.3, -0.25) is 9.59 Å². The Bertz CT molecular complexity index is 1730. The van der Waals surface area contributed by atoms with Crippen LogP contribution in [0.25, 0.3) is 11.1 Å². The number of nitrogens with one attached hydrogen (secondary N) is 2. The molecule has 264 valence electrons. The summed E-state index contributed by atoms with van der Waals surface area (Å²) >= 11 is 0. The van der Waals surface area contributed by atoms with Gasteiger partial charge in [0.25, 0.3) is 0 Å². The second kappa shape index (κ2) is 14.4. The third-order valence-electron chi connectivity index (χ3n) is 9.55. The van der Waals surface area contributed by atoms with Crippen molar-refractivity contribution in [3.63, 3.8) is 0 Å². The zero-order valence-electron chi connectivity index (χ0n) is 28.7. The molecule has 3 aliphatic rings. The molecule has 3 aromatic rings. The number of benzene rings is 2. The SMILES string of the molecule is CC(C)(C)OC(=O)N[C@@H]1CCCCC/C=C\[C@@H]2C[C@]2(C(=O)O)NC(=O)[C@@H]2C[C@H](n3nnc(Cc4ccc(-c5ccccc5)cc4)n3)CN2C1=O. The van der Waals surface area contributed by atoms with E-state index in [2.05, 4.69) is 38.2 Å². The monoisotopic (exact) mass is 683 g/mol. The van der Waals surface area contributed by atoms with Gasteiger partial charge < -0.3 is 25.4 Å². The Morgan fingerprint density at radius 3 is 2.50 bits per heavy atom. The van der Waals surface area contributed by atoms with E-state index in [9.17, 15) is 24.3 Å². The molecule has 0 radical (unpaired) electrons. The number of ether oxygens (including phenoxy) is 1. The lowest BCUT2D eigenvalue weighted by Crippen LogP contribution is -2.56. The van der Waals surface area contributed by atoms with E-state index < -0.39 is 53.1 Å². The number of aromatic nitrogens is 4. The molecule has 50 heavy (non-hydrogen) atoms. The number of carboxylic acids is 1. The lowest BCUT2D eigenvalue weighted by atomic mass is 10.0. The van der Waals surface area contributed by atoms with Crippen LogP contribution in [-0.2, 0) is 25.5 Å². The molecule has 1 saturated carbocycles. The molecule has 3 N–H and O–H groups in total. The van der Waals surface area contributed by atoms with Crippen LogP contribution >= 0.6 is 0 Å². The van der Waals surface area contributed by atoms with Crippen molar-refractivity contribution in [2.24, 2.45) is 5.92 Å². The molecule has 1 aromatic heterocycles. The Morgan fingerprint density at radius 1 is 1.04 bits per heavy atom. The molecule has 2 aromatic carbocycles. The molecule has 0 unspecified atom stereocenters. The number of hydrogen-bond acceptors (Lipinski definition) is 8. The van der Waals surface area contributed by atoms with Crippen molar-refractivity contribution in [2.75, 3.05) is 6.54 Å². The lowest BCUT2D eigenvalue weighted by molar-refractivity contribution is -0.145. The molecule has 13 heteroatoms. The van der Waals surface area contributed by atoms with Crippen molar-refractivity contribution >= 4 is 23.9 Å². The number of aliphatic carboxylic acids is 1. The number of tetrazole rings is 1. The van der Waals surface area contributed by atoms with Crippen LogP contribution in [0.4, 0.5) is 4.79 Å². The van der Waals surface area contributed by atoms with E-state index in [0.717, 1.165) is 36.0 Å². The van der Waals surface area contributed by atoms with E-state index in [1.54, 1.807) is 20.8 Å². The van der Waals surface area contributed by atoms with E-state index in [-0.39, 0.29) is 25.3 Å². The highest BCUT2D eigenvalue weighted by Crippen LogP contribution is 2.45. The molecular weight excluding hydrogens is 638 g/mol. The molecule has 5 atom stereocenters. The molecule has 6 rings (SSSR count). The summed E-state index contributed by atoms with van der Waals surface area (Å²) < 4.78 is 5.47. The van der Waals surface area contributed by atoms with E-state index >= 15 is 0 Å². The van der Waals surface area contributed by atoms with Crippen LogP contribution in [0.5, 0.6) is 0 Å². The van der Waals surface area contributed by atoms with Gasteiger partial charge >= 0.3 is 12.1 Å². The Hall–Kier alpha value is -5.07. The van der Waals surface area contributed by atoms with Gasteiger partial charge in [-0.05, 0) is 68.4 Å². The summed E-state index contributed by atoms with van der Waals surface area (Å²) in [7, 11) is 0. The summed E-state index contributed by atoms with van der Waals surface area (Å²) in [6, 6.07) is 15.8. The van der Waals surface area contributed by atoms with E-state index in [1.807, 2.05) is 54.6 Å². The first-order valence-electron chi connectivity index (χ1n) is 17.4. The Balaban J connectivity index is 1.23. The second-order valence-corrected chi connectivity index (χ2v) is 14.5. The number of fused-ring (bicyclic) bond motifs is 2. The van der Waals surface area contributed by atoms with Gasteiger partial charge in [-0.1, -0.05) is 79.6 Å². The Kier molecular flexibility index (Phi) is 10.0. The van der Waals surface area contributed by atoms with Crippen LogP contribution in [-0.4, -0.2) is 83.9 Å². The van der Waals surface area contributed by atoms with Gasteiger partial charge in [-0.2, -0.15) is 4.80 Å². The van der Waals surface area contributed by atoms with Crippen LogP contribution in [0.3, 0.4) is 0 Å². The fourth-order valence-electron chi connectivity index (χ4n) is 6.80. The maximum absolute atomic E-state index is 14.3. The Labute approximate surface area is 291 Å². The summed E-state index contributed by atoms with van der Waals surface area (Å²) in [5.74, 6) is -1.97. The third kappa shape index (κ3) is 8.03. The number of hydrogen-bond donors (Lipinski definition) is 3. The van der Waals surface area contributed by atoms with Crippen LogP contribution in [0.15, 0.2) is 66.7 Å². The van der Waals surface area contributed by atoms with Crippen molar-refractivity contribution in [1.29, 1.82) is 0 Å². The minimum Gasteiger partial charge on any atom is -0.479 e. The highest BCUT2D eigenvalue weighted by molar-refractivity contribution is 5.96. The van der Waals surface area contributed by atoms with Gasteiger partial charge in [0.1, 0.15) is 23.2 Å². The predicted molar refractivity (Wildman–Crippen MR) is 184 cm³/mol. The predicted octanol–water partition coefficient (Wildman–Crippen LogP) is 4.45. The number of carboxylic acid groups (broad SMARTS) is 1. The Morgan fingerprint density at radius 2 is 1.78 bits per heavy atom. The first kappa shape index (κ1) is 34.8. The quantitative estimate of drug-likeness (QED) is 0.318. The molecule has 2 aliphatic heterocycles. The number of carbonyl (C=O) groups is 4. The topological polar surface area (TPSA) is 169 Å². The number of allylic oxidation sites excluding steroid dienone is 1. The standard InChI is InChI=1S/C37H45N7O6/c1-36(2,3)50-35(49)38-29-15-11-6-4-5-10-14-27-22-37(27,34(47)48)39-32(45)30-21-28(23-43(30)33(29)46)44-41-31(40-42-44)20-24-16-18-26(19-17-24)25-12-8-7-9-13-25/h7-10,12-14,16-19,27-30H,4-6,11,15,20-23H2,1-3H3,(H,38,49)(H,39,45)(H,47,48)/b14-10-/t27-,28+,29-,30+,37+/m1/s1. The van der Waals surface area contributed by atoms with Crippen molar-refractivity contribution in [3.05, 3.63) is 78.1 Å². The largest absolute Gasteiger partial charge is 0.479 e. The molecular formula is C37H45N7O6. The van der Waals surface area contributed by atoms with Crippen LogP contribution in [0.1, 0.15) is 83.1 Å². The summed E-state index contributed by atoms with van der Waals surface area (Å²) in [5, 5.41) is 28.9. The number of nitrogens with zero attached hydrogens (tertiary/aromatic N) is 5. The zero-order chi connectivity index (χ0) is 35.5. The third-order valence-corrected chi connectivity index (χ3v) is 9.55. The fourth-order valence-corrected chi connectivity index (χ4v) is 6.80. The summed E-state index contributed by atoms with van der Waals surface area (Å²) in [4.78, 5) is 56.3. The fraction of sp³-hybridized carbons (Fsp3) is 0.486. The maximum Gasteiger partial charge on any atom is 0.408 e. The number of amides is 3. The van der Waals surface area contributed by atoms with Gasteiger partial charge in [0.2, 0.25) is 11.8 Å². The van der Waals surface area contributed by atoms with E-state index in [0.29, 0.717) is 25.1 Å². The molecule has 1 saturated heterocycles. The van der Waals surface area contributed by atoms with Gasteiger partial charge in [-0.25, -0.2) is 9.59 Å². The van der Waals surface area contributed by atoms with Crippen molar-refractivity contribution in [2.45, 2.75) is 101 Å². The van der Waals surface area contributed by atoms with E-state index in [4.69, 9.17) is 4.74 Å². The summed E-state index contributed by atoms with van der Waals surface area (Å²) in [6.07, 6.45) is 7.39. The maximum atomic E-state index is 14.3. The summed E-state index contributed by atoms with van der Waals surface area (Å²) in [5.41, 5.74) is 1.02. The number of rotatable bonds is 6. The smallest absolute Gasteiger partial charge is 0.408 e. The summed E-state index contributed by atoms with van der Waals surface area (Å²) in [6.45, 7) is 5.31. The minimum absolute atomic E-state index is 0.0778. The normalized spacial score (nSPS) is 26.4. The average molecular weight is 684 g/mol. The first-order valence-corrected chi connectivity index (χ1v) is 17.4. The highest BCUT2D eigenvalue weighted by Gasteiger charge is 2.61. The molecule has 0 spiro atoms. The van der Waals surface area contributed by atoms with Crippen LogP contribution < -0.4 is 10.6 Å². The lowest BCUT2D eigenvalue weighted by Gasteiger charge is -2.30. The van der Waals surface area contributed by atoms with Crippen molar-refractivity contribution < 1.29 is 29.0 Å². The minimum atomic E-state index is -1.43. The van der Waals surface area contributed by atoms with Gasteiger partial charge in [0, 0.05) is 25.3 Å². The van der Waals surface area contributed by atoms with Crippen molar-refractivity contribution in [1.82, 2.24) is 35.7 Å². The first-order chi connectivity index (χ1) is 23.9. The molecule has 0 bridgehead atoms. The molecule has 2 fully saturated rings. The number of alkyl carbamates (subject to hydrolysis) is 1. The van der Waals surface area contributed by atoms with Crippen molar-refractivity contribution in [3.8, 4) is 11.1 Å². The molecule has 3 heterocycles.